The molecule has 1 fully saturated rings. The maximum Gasteiger partial charge on any atom is 0.248 e. The molecular formula is C23H21N3O3. The van der Waals surface area contributed by atoms with Crippen LogP contribution in [0, 0.1) is 0 Å². The summed E-state index contributed by atoms with van der Waals surface area (Å²) in [6.07, 6.45) is 1.85. The van der Waals surface area contributed by atoms with E-state index in [-0.39, 0.29) is 12.5 Å². The summed E-state index contributed by atoms with van der Waals surface area (Å²) in [7, 11) is 0. The van der Waals surface area contributed by atoms with Crippen LogP contribution < -0.4 is 0 Å². The quantitative estimate of drug-likeness (QED) is 0.674. The Labute approximate surface area is 169 Å². The fourth-order valence-corrected chi connectivity index (χ4v) is 3.85. The number of hydrogen-bond donors (Lipinski definition) is 0. The van der Waals surface area contributed by atoms with Crippen molar-refractivity contribution < 1.29 is 14.3 Å². The summed E-state index contributed by atoms with van der Waals surface area (Å²) in [5.74, 6) is 0.678. The first-order valence-corrected chi connectivity index (χ1v) is 9.69. The molecule has 1 aromatic heterocycles. The Morgan fingerprint density at radius 2 is 1.79 bits per heavy atom. The lowest BCUT2D eigenvalue weighted by atomic mass is 9.87. The molecular weight excluding hydrogens is 366 g/mol. The van der Waals surface area contributed by atoms with Crippen molar-refractivity contribution in [2.75, 3.05) is 19.7 Å². The van der Waals surface area contributed by atoms with E-state index in [0.29, 0.717) is 32.1 Å². The number of fused-ring (bicyclic) bond motifs is 2. The minimum absolute atomic E-state index is 0.0227. The lowest BCUT2D eigenvalue weighted by Crippen LogP contribution is -2.61. The minimum atomic E-state index is -0.473. The molecule has 146 valence electrons. The number of likely N-dealkylation sites (tertiary alicyclic amines) is 1. The molecule has 0 N–H and O–H groups in total. The van der Waals surface area contributed by atoms with Gasteiger partial charge < -0.3 is 14.4 Å². The molecule has 3 heterocycles. The van der Waals surface area contributed by atoms with Crippen molar-refractivity contribution in [1.29, 1.82) is 0 Å². The lowest BCUT2D eigenvalue weighted by molar-refractivity contribution is -0.172. The number of hydrogen-bond acceptors (Lipinski definition) is 5. The Balaban J connectivity index is 1.20. The van der Waals surface area contributed by atoms with Crippen LogP contribution in [0.5, 0.6) is 0 Å². The van der Waals surface area contributed by atoms with Crippen molar-refractivity contribution >= 4 is 5.91 Å². The first-order chi connectivity index (χ1) is 14.2. The van der Waals surface area contributed by atoms with Crippen LogP contribution in [-0.2, 0) is 33.1 Å². The van der Waals surface area contributed by atoms with Crippen LogP contribution >= 0.6 is 0 Å². The summed E-state index contributed by atoms with van der Waals surface area (Å²) < 4.78 is 11.6. The second kappa shape index (κ2) is 7.39. The first-order valence-electron chi connectivity index (χ1n) is 9.69. The Morgan fingerprint density at radius 1 is 1.07 bits per heavy atom. The van der Waals surface area contributed by atoms with E-state index in [1.807, 2.05) is 66.9 Å². The number of nitrogens with zero attached hydrogens (tertiary/aromatic N) is 3. The van der Waals surface area contributed by atoms with E-state index < -0.39 is 5.60 Å². The normalized spacial score (nSPS) is 16.5. The van der Waals surface area contributed by atoms with Gasteiger partial charge in [0.05, 0.1) is 32.0 Å². The molecule has 5 rings (SSSR count). The average Bonchev–Trinajstić information content (AvgIpc) is 3.13. The van der Waals surface area contributed by atoms with Gasteiger partial charge in [0.15, 0.2) is 5.82 Å². The summed E-state index contributed by atoms with van der Waals surface area (Å²) in [6, 6.07) is 19.7. The van der Waals surface area contributed by atoms with Crippen LogP contribution in [0.25, 0.3) is 11.4 Å². The second-order valence-corrected chi connectivity index (χ2v) is 7.43. The van der Waals surface area contributed by atoms with Gasteiger partial charge in [-0.25, -0.2) is 9.97 Å². The van der Waals surface area contributed by atoms with Crippen LogP contribution in [0.4, 0.5) is 0 Å². The zero-order chi connectivity index (χ0) is 19.7. The molecule has 0 radical (unpaired) electrons. The highest BCUT2D eigenvalue weighted by Crippen LogP contribution is 2.42. The number of aromatic nitrogens is 2. The summed E-state index contributed by atoms with van der Waals surface area (Å²) in [6.45, 7) is 1.98. The Kier molecular flexibility index (Phi) is 4.58. The zero-order valence-electron chi connectivity index (χ0n) is 16.0. The van der Waals surface area contributed by atoms with Crippen LogP contribution in [0.2, 0.25) is 0 Å². The van der Waals surface area contributed by atoms with Gasteiger partial charge in [0.2, 0.25) is 5.91 Å². The topological polar surface area (TPSA) is 64.5 Å². The van der Waals surface area contributed by atoms with Crippen LogP contribution in [-0.4, -0.2) is 40.5 Å². The van der Waals surface area contributed by atoms with E-state index in [9.17, 15) is 4.79 Å². The molecule has 0 aliphatic carbocycles. The Morgan fingerprint density at radius 3 is 2.55 bits per heavy atom. The molecule has 2 aliphatic rings. The molecule has 6 nitrogen and oxygen atoms in total. The molecule has 0 saturated carbocycles. The largest absolute Gasteiger partial charge is 0.367 e. The maximum atomic E-state index is 12.4. The standard InChI is InChI=1S/C23H21N3O3/c27-21(14-28-12-17-7-3-1-4-8-17)26-15-23(16-26)19-11-24-22(25-20(19)13-29-23)18-9-5-2-6-10-18/h1-11H,12-16H2. The third-order valence-electron chi connectivity index (χ3n) is 5.46. The number of amides is 1. The summed E-state index contributed by atoms with van der Waals surface area (Å²) >= 11 is 0. The smallest absolute Gasteiger partial charge is 0.248 e. The number of carbonyl (C=O) groups excluding carboxylic acids is 1. The maximum absolute atomic E-state index is 12.4. The van der Waals surface area contributed by atoms with Gasteiger partial charge in [-0.2, -0.15) is 0 Å². The highest BCUT2D eigenvalue weighted by Gasteiger charge is 2.52. The predicted molar refractivity (Wildman–Crippen MR) is 107 cm³/mol. The van der Waals surface area contributed by atoms with Crippen LogP contribution in [0.15, 0.2) is 66.9 Å². The van der Waals surface area contributed by atoms with Gasteiger partial charge in [0.25, 0.3) is 0 Å². The number of carbonyl (C=O) groups is 1. The van der Waals surface area contributed by atoms with Crippen molar-refractivity contribution in [2.24, 2.45) is 0 Å². The van der Waals surface area contributed by atoms with Crippen molar-refractivity contribution in [3.05, 3.63) is 83.7 Å². The van der Waals surface area contributed by atoms with Crippen molar-refractivity contribution in [3.8, 4) is 11.4 Å². The van der Waals surface area contributed by atoms with Gasteiger partial charge in [0.1, 0.15) is 12.2 Å². The Hall–Kier alpha value is -3.09. The van der Waals surface area contributed by atoms with E-state index in [2.05, 4.69) is 9.97 Å². The first kappa shape index (κ1) is 18.0. The van der Waals surface area contributed by atoms with Gasteiger partial charge in [-0.15, -0.1) is 0 Å². The lowest BCUT2D eigenvalue weighted by Gasteiger charge is -2.47. The summed E-state index contributed by atoms with van der Waals surface area (Å²) in [5.41, 5.74) is 3.47. The molecule has 29 heavy (non-hydrogen) atoms. The SMILES string of the molecule is O=C(COCc1ccccc1)N1CC2(C1)OCc1nc(-c3ccccc3)ncc12. The molecule has 1 saturated heterocycles. The predicted octanol–water partition coefficient (Wildman–Crippen LogP) is 2.93. The van der Waals surface area contributed by atoms with E-state index in [1.54, 1.807) is 4.90 Å². The van der Waals surface area contributed by atoms with Gasteiger partial charge in [-0.1, -0.05) is 60.7 Å². The molecule has 3 aromatic rings. The van der Waals surface area contributed by atoms with Crippen LogP contribution in [0.3, 0.4) is 0 Å². The highest BCUT2D eigenvalue weighted by atomic mass is 16.5. The molecule has 0 bridgehead atoms. The van der Waals surface area contributed by atoms with Crippen molar-refractivity contribution in [3.63, 3.8) is 0 Å². The Bertz CT molecular complexity index is 1020. The fraction of sp³-hybridized carbons (Fsp3) is 0.261. The van der Waals surface area contributed by atoms with Crippen molar-refractivity contribution in [1.82, 2.24) is 14.9 Å². The third kappa shape index (κ3) is 3.41. The van der Waals surface area contributed by atoms with Gasteiger partial charge in [-0.3, -0.25) is 4.79 Å². The van der Waals surface area contributed by atoms with Gasteiger partial charge in [0, 0.05) is 17.3 Å². The second-order valence-electron chi connectivity index (χ2n) is 7.43. The highest BCUT2D eigenvalue weighted by molar-refractivity contribution is 5.79. The molecule has 2 aliphatic heterocycles. The number of ether oxygens (including phenoxy) is 2. The third-order valence-corrected chi connectivity index (χ3v) is 5.46. The average molecular weight is 387 g/mol. The fourth-order valence-electron chi connectivity index (χ4n) is 3.85. The van der Waals surface area contributed by atoms with E-state index in [4.69, 9.17) is 9.47 Å². The number of rotatable bonds is 5. The summed E-state index contributed by atoms with van der Waals surface area (Å²) in [4.78, 5) is 23.4. The molecule has 0 atom stereocenters. The molecule has 1 amide bonds. The van der Waals surface area contributed by atoms with E-state index in [0.717, 1.165) is 22.4 Å². The molecule has 0 unspecified atom stereocenters. The number of benzene rings is 2. The van der Waals surface area contributed by atoms with Crippen LogP contribution in [0.1, 0.15) is 16.8 Å². The minimum Gasteiger partial charge on any atom is -0.367 e. The monoisotopic (exact) mass is 387 g/mol. The van der Waals surface area contributed by atoms with Crippen molar-refractivity contribution in [2.45, 2.75) is 18.8 Å². The zero-order valence-corrected chi connectivity index (χ0v) is 16.0. The molecule has 6 heteroatoms. The summed E-state index contributed by atoms with van der Waals surface area (Å²) in [5, 5.41) is 0. The van der Waals surface area contributed by atoms with Gasteiger partial charge >= 0.3 is 0 Å². The van der Waals surface area contributed by atoms with E-state index >= 15 is 0 Å². The van der Waals surface area contributed by atoms with Gasteiger partial charge in [-0.05, 0) is 5.56 Å². The molecule has 2 aromatic carbocycles. The van der Waals surface area contributed by atoms with E-state index in [1.165, 1.54) is 0 Å². The molecule has 1 spiro atoms.